The van der Waals surface area contributed by atoms with Crippen molar-refractivity contribution in [1.82, 2.24) is 0 Å². The summed E-state index contributed by atoms with van der Waals surface area (Å²) >= 11 is 0. The molecule has 1 fully saturated rings. The fourth-order valence-corrected chi connectivity index (χ4v) is 2.14. The molecule has 0 bridgehead atoms. The van der Waals surface area contributed by atoms with E-state index in [0.717, 1.165) is 30.8 Å². The summed E-state index contributed by atoms with van der Waals surface area (Å²) in [5.41, 5.74) is 13.8. The molecule has 4 nitrogen and oxygen atoms in total. The van der Waals surface area contributed by atoms with E-state index in [4.69, 9.17) is 11.5 Å². The Hall–Kier alpha value is -1.55. The zero-order valence-corrected chi connectivity index (χ0v) is 9.44. The van der Waals surface area contributed by atoms with Gasteiger partial charge in [-0.3, -0.25) is 4.79 Å². The number of carbonyl (C=O) groups is 1. The number of aryl methyl sites for hydroxylation is 1. The van der Waals surface area contributed by atoms with Gasteiger partial charge in [-0.1, -0.05) is 0 Å². The molecule has 2 rings (SSSR count). The van der Waals surface area contributed by atoms with E-state index in [1.807, 2.05) is 19.1 Å². The maximum Gasteiger partial charge on any atom is 0.248 e. The lowest BCUT2D eigenvalue weighted by Gasteiger charge is -2.19. The molecule has 4 heteroatoms. The summed E-state index contributed by atoms with van der Waals surface area (Å²) in [7, 11) is 0. The zero-order valence-electron chi connectivity index (χ0n) is 9.44. The maximum atomic E-state index is 11.1. The van der Waals surface area contributed by atoms with Gasteiger partial charge in [-0.05, 0) is 37.1 Å². The van der Waals surface area contributed by atoms with Crippen LogP contribution in [0, 0.1) is 6.92 Å². The van der Waals surface area contributed by atoms with Crippen LogP contribution in [0.5, 0.6) is 0 Å². The lowest BCUT2D eigenvalue weighted by molar-refractivity contribution is 0.1000. The summed E-state index contributed by atoms with van der Waals surface area (Å²) in [6.45, 7) is 3.77. The molecule has 4 N–H and O–H groups in total. The van der Waals surface area contributed by atoms with Crippen molar-refractivity contribution in [2.24, 2.45) is 11.5 Å². The van der Waals surface area contributed by atoms with Crippen molar-refractivity contribution in [3.05, 3.63) is 29.3 Å². The molecule has 1 aliphatic rings. The number of primary amides is 1. The molecule has 1 heterocycles. The molecule has 0 radical (unpaired) electrons. The summed E-state index contributed by atoms with van der Waals surface area (Å²) < 4.78 is 0. The molecule has 1 aliphatic heterocycles. The van der Waals surface area contributed by atoms with Gasteiger partial charge >= 0.3 is 0 Å². The predicted molar refractivity (Wildman–Crippen MR) is 64.5 cm³/mol. The van der Waals surface area contributed by atoms with Gasteiger partial charge in [0.2, 0.25) is 5.91 Å². The highest BCUT2D eigenvalue weighted by Crippen LogP contribution is 2.22. The number of nitrogens with zero attached hydrogens (tertiary/aromatic N) is 1. The first kappa shape index (κ1) is 11.0. The summed E-state index contributed by atoms with van der Waals surface area (Å²) in [5.74, 6) is -0.373. The second-order valence-electron chi connectivity index (χ2n) is 4.36. The quantitative estimate of drug-likeness (QED) is 0.766. The number of rotatable bonds is 2. The normalized spacial score (nSPS) is 20.1. The molecule has 0 aromatic heterocycles. The van der Waals surface area contributed by atoms with Gasteiger partial charge in [-0.2, -0.15) is 0 Å². The Labute approximate surface area is 95.2 Å². The monoisotopic (exact) mass is 219 g/mol. The van der Waals surface area contributed by atoms with Crippen LogP contribution in [0.15, 0.2) is 18.2 Å². The second kappa shape index (κ2) is 4.14. The van der Waals surface area contributed by atoms with Crippen LogP contribution in [-0.2, 0) is 0 Å². The molecule has 0 aliphatic carbocycles. The van der Waals surface area contributed by atoms with Crippen LogP contribution in [0.2, 0.25) is 0 Å². The van der Waals surface area contributed by atoms with E-state index in [1.54, 1.807) is 6.07 Å². The fourth-order valence-electron chi connectivity index (χ4n) is 2.14. The Balaban J connectivity index is 2.24. The van der Waals surface area contributed by atoms with Crippen molar-refractivity contribution in [3.63, 3.8) is 0 Å². The summed E-state index contributed by atoms with van der Waals surface area (Å²) in [5, 5.41) is 0. The van der Waals surface area contributed by atoms with Crippen LogP contribution in [0.4, 0.5) is 5.69 Å². The van der Waals surface area contributed by atoms with Crippen molar-refractivity contribution in [1.29, 1.82) is 0 Å². The van der Waals surface area contributed by atoms with Crippen LogP contribution in [0.3, 0.4) is 0 Å². The molecule has 1 saturated heterocycles. The molecule has 1 amide bonds. The first-order valence-corrected chi connectivity index (χ1v) is 5.49. The minimum absolute atomic E-state index is 0.260. The van der Waals surface area contributed by atoms with Gasteiger partial charge in [0, 0.05) is 30.4 Å². The minimum Gasteiger partial charge on any atom is -0.370 e. The molecule has 0 saturated carbocycles. The predicted octanol–water partition coefficient (Wildman–Crippen LogP) is 0.631. The van der Waals surface area contributed by atoms with Crippen molar-refractivity contribution in [2.75, 3.05) is 18.0 Å². The van der Waals surface area contributed by atoms with Gasteiger partial charge in [0.05, 0.1) is 0 Å². The Morgan fingerprint density at radius 1 is 1.50 bits per heavy atom. The van der Waals surface area contributed by atoms with Crippen molar-refractivity contribution in [3.8, 4) is 0 Å². The number of amides is 1. The molecule has 1 atom stereocenters. The number of nitrogens with two attached hydrogens (primary N) is 2. The average molecular weight is 219 g/mol. The SMILES string of the molecule is Cc1cc(N2CCC(N)C2)ccc1C(N)=O. The number of carbonyl (C=O) groups excluding carboxylic acids is 1. The summed E-state index contributed by atoms with van der Waals surface area (Å²) in [6, 6.07) is 5.98. The van der Waals surface area contributed by atoms with E-state index in [2.05, 4.69) is 4.90 Å². The van der Waals surface area contributed by atoms with E-state index in [-0.39, 0.29) is 11.9 Å². The first-order chi connectivity index (χ1) is 7.58. The Morgan fingerprint density at radius 2 is 2.25 bits per heavy atom. The third-order valence-corrected chi connectivity index (χ3v) is 3.07. The van der Waals surface area contributed by atoms with Gasteiger partial charge in [0.15, 0.2) is 0 Å². The average Bonchev–Trinajstić information content (AvgIpc) is 2.64. The molecular weight excluding hydrogens is 202 g/mol. The van der Waals surface area contributed by atoms with Crippen LogP contribution < -0.4 is 16.4 Å². The van der Waals surface area contributed by atoms with Gasteiger partial charge in [0.1, 0.15) is 0 Å². The topological polar surface area (TPSA) is 72.3 Å². The first-order valence-electron chi connectivity index (χ1n) is 5.49. The van der Waals surface area contributed by atoms with Crippen LogP contribution in [0.1, 0.15) is 22.3 Å². The lowest BCUT2D eigenvalue weighted by Crippen LogP contribution is -2.26. The molecule has 1 aromatic rings. The van der Waals surface area contributed by atoms with Gasteiger partial charge in [-0.15, -0.1) is 0 Å². The summed E-state index contributed by atoms with van der Waals surface area (Å²) in [6.07, 6.45) is 1.02. The minimum atomic E-state index is -0.373. The number of anilines is 1. The van der Waals surface area contributed by atoms with Gasteiger partial charge in [0.25, 0.3) is 0 Å². The molecule has 86 valence electrons. The number of benzene rings is 1. The van der Waals surface area contributed by atoms with Crippen molar-refractivity contribution in [2.45, 2.75) is 19.4 Å². The van der Waals surface area contributed by atoms with E-state index in [1.165, 1.54) is 0 Å². The van der Waals surface area contributed by atoms with Crippen molar-refractivity contribution < 1.29 is 4.79 Å². The van der Waals surface area contributed by atoms with Crippen LogP contribution >= 0.6 is 0 Å². The molecule has 16 heavy (non-hydrogen) atoms. The summed E-state index contributed by atoms with van der Waals surface area (Å²) in [4.78, 5) is 13.3. The largest absolute Gasteiger partial charge is 0.370 e. The molecule has 1 unspecified atom stereocenters. The Bertz CT molecular complexity index is 417. The number of hydrogen-bond donors (Lipinski definition) is 2. The lowest BCUT2D eigenvalue weighted by atomic mass is 10.1. The number of hydrogen-bond acceptors (Lipinski definition) is 3. The second-order valence-corrected chi connectivity index (χ2v) is 4.36. The molecule has 0 spiro atoms. The Morgan fingerprint density at radius 3 is 2.75 bits per heavy atom. The van der Waals surface area contributed by atoms with Gasteiger partial charge < -0.3 is 16.4 Å². The van der Waals surface area contributed by atoms with E-state index in [9.17, 15) is 4.79 Å². The van der Waals surface area contributed by atoms with Crippen molar-refractivity contribution >= 4 is 11.6 Å². The fraction of sp³-hybridized carbons (Fsp3) is 0.417. The van der Waals surface area contributed by atoms with E-state index in [0.29, 0.717) is 5.56 Å². The van der Waals surface area contributed by atoms with Crippen LogP contribution in [-0.4, -0.2) is 25.0 Å². The molecular formula is C12H17N3O. The molecule has 1 aromatic carbocycles. The highest BCUT2D eigenvalue weighted by atomic mass is 16.1. The van der Waals surface area contributed by atoms with E-state index >= 15 is 0 Å². The van der Waals surface area contributed by atoms with Crippen LogP contribution in [0.25, 0.3) is 0 Å². The third kappa shape index (κ3) is 2.02. The smallest absolute Gasteiger partial charge is 0.248 e. The Kier molecular flexibility index (Phi) is 2.83. The van der Waals surface area contributed by atoms with Gasteiger partial charge in [-0.25, -0.2) is 0 Å². The standard InChI is InChI=1S/C12H17N3O/c1-8-6-10(2-3-11(8)12(14)16)15-5-4-9(13)7-15/h2-3,6,9H,4-5,7,13H2,1H3,(H2,14,16). The van der Waals surface area contributed by atoms with E-state index < -0.39 is 0 Å². The third-order valence-electron chi connectivity index (χ3n) is 3.07. The maximum absolute atomic E-state index is 11.1. The zero-order chi connectivity index (χ0) is 11.7. The highest BCUT2D eigenvalue weighted by Gasteiger charge is 2.19. The highest BCUT2D eigenvalue weighted by molar-refractivity contribution is 5.94.